The number of ether oxygens (including phenoxy) is 3. The SMILES string of the molecule is CC1C(=O)O[C@H]2C[C@]3(C)O[C@H]3[C@H](O)[C@H](N3CCCC3)C3=C[C@@H](OC3=O)[C@H]12. The van der Waals surface area contributed by atoms with Crippen molar-refractivity contribution in [2.75, 3.05) is 13.1 Å². The number of hydrogen-bond donors (Lipinski definition) is 1. The molecule has 0 radical (unpaired) electrons. The highest BCUT2D eigenvalue weighted by molar-refractivity contribution is 5.92. The molecule has 8 atom stereocenters. The zero-order chi connectivity index (χ0) is 18.2. The van der Waals surface area contributed by atoms with Gasteiger partial charge in [-0.1, -0.05) is 6.92 Å². The molecule has 1 unspecified atom stereocenters. The maximum absolute atomic E-state index is 12.7. The Hall–Kier alpha value is -1.44. The Morgan fingerprint density at radius 2 is 1.96 bits per heavy atom. The van der Waals surface area contributed by atoms with Crippen molar-refractivity contribution in [1.82, 2.24) is 4.90 Å². The second-order valence-electron chi connectivity index (χ2n) is 8.57. The third-order valence-corrected chi connectivity index (χ3v) is 6.88. The van der Waals surface area contributed by atoms with Gasteiger partial charge < -0.3 is 19.3 Å². The van der Waals surface area contributed by atoms with Crippen LogP contribution in [-0.2, 0) is 23.8 Å². The van der Waals surface area contributed by atoms with Crippen molar-refractivity contribution in [3.05, 3.63) is 11.6 Å². The monoisotopic (exact) mass is 363 g/mol. The second kappa shape index (κ2) is 5.53. The van der Waals surface area contributed by atoms with Gasteiger partial charge in [0.2, 0.25) is 0 Å². The van der Waals surface area contributed by atoms with Gasteiger partial charge >= 0.3 is 11.9 Å². The average molecular weight is 363 g/mol. The number of likely N-dealkylation sites (tertiary alicyclic amines) is 1. The van der Waals surface area contributed by atoms with Crippen molar-refractivity contribution >= 4 is 11.9 Å². The summed E-state index contributed by atoms with van der Waals surface area (Å²) in [6.45, 7) is 5.49. The molecule has 2 bridgehead atoms. The molecule has 7 nitrogen and oxygen atoms in total. The minimum Gasteiger partial charge on any atom is -0.462 e. The highest BCUT2D eigenvalue weighted by Gasteiger charge is 2.64. The van der Waals surface area contributed by atoms with Gasteiger partial charge in [0.15, 0.2) is 0 Å². The highest BCUT2D eigenvalue weighted by atomic mass is 16.6. The zero-order valence-corrected chi connectivity index (χ0v) is 15.1. The van der Waals surface area contributed by atoms with E-state index in [4.69, 9.17) is 14.2 Å². The lowest BCUT2D eigenvalue weighted by atomic mass is 9.79. The van der Waals surface area contributed by atoms with Gasteiger partial charge in [0.05, 0.1) is 23.1 Å². The van der Waals surface area contributed by atoms with Gasteiger partial charge in [-0.2, -0.15) is 0 Å². The van der Waals surface area contributed by atoms with Crippen molar-refractivity contribution in [2.24, 2.45) is 11.8 Å². The van der Waals surface area contributed by atoms with Crippen LogP contribution in [0.15, 0.2) is 11.6 Å². The first-order valence-corrected chi connectivity index (χ1v) is 9.62. The summed E-state index contributed by atoms with van der Waals surface area (Å²) >= 11 is 0. The first-order chi connectivity index (χ1) is 12.4. The fraction of sp³-hybridized carbons (Fsp3) is 0.789. The lowest BCUT2D eigenvalue weighted by Crippen LogP contribution is -2.48. The molecule has 0 aromatic carbocycles. The minimum absolute atomic E-state index is 0.208. The number of hydrogen-bond acceptors (Lipinski definition) is 7. The van der Waals surface area contributed by atoms with Crippen LogP contribution in [0.2, 0.25) is 0 Å². The Morgan fingerprint density at radius 3 is 2.69 bits per heavy atom. The Labute approximate surface area is 152 Å². The molecule has 5 rings (SSSR count). The average Bonchev–Trinajstić information content (AvgIpc) is 2.96. The van der Waals surface area contributed by atoms with Crippen LogP contribution >= 0.6 is 0 Å². The van der Waals surface area contributed by atoms with E-state index in [0.29, 0.717) is 12.0 Å². The third kappa shape index (κ3) is 2.30. The van der Waals surface area contributed by atoms with E-state index in [1.54, 1.807) is 0 Å². The van der Waals surface area contributed by atoms with Gasteiger partial charge in [0.25, 0.3) is 0 Å². The number of aliphatic hydroxyl groups is 1. The molecule has 4 aliphatic heterocycles. The Morgan fingerprint density at radius 1 is 1.23 bits per heavy atom. The molecule has 3 fully saturated rings. The number of fused-ring (bicyclic) bond motifs is 4. The predicted octanol–water partition coefficient (Wildman–Crippen LogP) is 0.402. The summed E-state index contributed by atoms with van der Waals surface area (Å²) in [6.07, 6.45) is 2.44. The fourth-order valence-electron chi connectivity index (χ4n) is 5.40. The van der Waals surface area contributed by atoms with E-state index in [9.17, 15) is 14.7 Å². The van der Waals surface area contributed by atoms with E-state index in [2.05, 4.69) is 4.90 Å². The molecule has 7 heteroatoms. The molecule has 3 saturated heterocycles. The lowest BCUT2D eigenvalue weighted by Gasteiger charge is -2.31. The summed E-state index contributed by atoms with van der Waals surface area (Å²) in [4.78, 5) is 27.0. The molecule has 0 spiro atoms. The van der Waals surface area contributed by atoms with E-state index in [1.807, 2.05) is 19.9 Å². The molecule has 0 aromatic rings. The maximum atomic E-state index is 12.7. The molecule has 4 heterocycles. The third-order valence-electron chi connectivity index (χ3n) is 6.88. The van der Waals surface area contributed by atoms with E-state index in [0.717, 1.165) is 25.9 Å². The molecule has 0 amide bonds. The molecular weight excluding hydrogens is 338 g/mol. The Bertz CT molecular complexity index is 686. The number of esters is 2. The molecular formula is C19H25NO6. The zero-order valence-electron chi connectivity index (χ0n) is 15.1. The summed E-state index contributed by atoms with van der Waals surface area (Å²) in [7, 11) is 0. The van der Waals surface area contributed by atoms with Crippen molar-refractivity contribution < 1.29 is 28.9 Å². The van der Waals surface area contributed by atoms with E-state index in [1.165, 1.54) is 0 Å². The van der Waals surface area contributed by atoms with Crippen LogP contribution in [0.25, 0.3) is 0 Å². The van der Waals surface area contributed by atoms with Gasteiger partial charge in [0.1, 0.15) is 24.4 Å². The molecule has 1 aliphatic carbocycles. The van der Waals surface area contributed by atoms with Crippen LogP contribution in [0.3, 0.4) is 0 Å². The summed E-state index contributed by atoms with van der Waals surface area (Å²) in [5.41, 5.74) is -0.0279. The first-order valence-electron chi connectivity index (χ1n) is 9.62. The van der Waals surface area contributed by atoms with Gasteiger partial charge in [-0.3, -0.25) is 9.69 Å². The molecule has 142 valence electrons. The number of carbonyl (C=O) groups excluding carboxylic acids is 2. The summed E-state index contributed by atoms with van der Waals surface area (Å²) in [5, 5.41) is 11.1. The molecule has 0 aromatic heterocycles. The van der Waals surface area contributed by atoms with Gasteiger partial charge in [-0.05, 0) is 38.9 Å². The quantitative estimate of drug-likeness (QED) is 0.533. The number of aliphatic hydroxyl groups excluding tert-OH is 1. The number of epoxide rings is 1. The minimum atomic E-state index is -0.804. The van der Waals surface area contributed by atoms with Crippen molar-refractivity contribution in [1.29, 1.82) is 0 Å². The number of nitrogens with zero attached hydrogens (tertiary/aromatic N) is 1. The first kappa shape index (κ1) is 16.7. The highest BCUT2D eigenvalue weighted by Crippen LogP contribution is 2.50. The van der Waals surface area contributed by atoms with Crippen molar-refractivity contribution in [3.63, 3.8) is 0 Å². The van der Waals surface area contributed by atoms with Crippen LogP contribution in [-0.4, -0.2) is 71.1 Å². The normalized spacial score (nSPS) is 50.6. The van der Waals surface area contributed by atoms with Gasteiger partial charge in [-0.25, -0.2) is 4.79 Å². The summed E-state index contributed by atoms with van der Waals surface area (Å²) in [6, 6.07) is -0.410. The van der Waals surface area contributed by atoms with E-state index in [-0.39, 0.29) is 36.0 Å². The molecule has 5 aliphatic rings. The van der Waals surface area contributed by atoms with Gasteiger partial charge in [-0.15, -0.1) is 0 Å². The lowest BCUT2D eigenvalue weighted by molar-refractivity contribution is -0.144. The smallest absolute Gasteiger partial charge is 0.336 e. The van der Waals surface area contributed by atoms with Gasteiger partial charge in [0, 0.05) is 12.3 Å². The number of carbonyl (C=O) groups is 2. The van der Waals surface area contributed by atoms with E-state index >= 15 is 0 Å². The van der Waals surface area contributed by atoms with Crippen LogP contribution < -0.4 is 0 Å². The molecule has 26 heavy (non-hydrogen) atoms. The van der Waals surface area contributed by atoms with Crippen LogP contribution in [0.1, 0.15) is 33.1 Å². The summed E-state index contributed by atoms with van der Waals surface area (Å²) < 4.78 is 17.2. The fourth-order valence-corrected chi connectivity index (χ4v) is 5.40. The van der Waals surface area contributed by atoms with Crippen molar-refractivity contribution in [2.45, 2.75) is 69.2 Å². The largest absolute Gasteiger partial charge is 0.462 e. The van der Waals surface area contributed by atoms with Crippen LogP contribution in [0.5, 0.6) is 0 Å². The second-order valence-corrected chi connectivity index (χ2v) is 8.57. The molecule has 0 saturated carbocycles. The predicted molar refractivity (Wildman–Crippen MR) is 89.0 cm³/mol. The molecule has 1 N–H and O–H groups in total. The standard InChI is InChI=1S/C19H25NO6/c1-9-13-11-7-10(18(23)24-11)14(20-5-3-4-6-20)15(21)16-19(2,26-16)8-12(13)25-17(9)22/h7,9,11-16,21H,3-6,8H2,1-2H3/t9?,11-,12+,13+,14-,15-,16+,19+/m1/s1. The van der Waals surface area contributed by atoms with E-state index < -0.39 is 23.9 Å². The maximum Gasteiger partial charge on any atom is 0.336 e. The van der Waals surface area contributed by atoms with Crippen molar-refractivity contribution in [3.8, 4) is 0 Å². The Balaban J connectivity index is 1.57. The Kier molecular flexibility index (Phi) is 3.56. The summed E-state index contributed by atoms with van der Waals surface area (Å²) in [5.74, 6) is -1.18. The van der Waals surface area contributed by atoms with Crippen LogP contribution in [0, 0.1) is 11.8 Å². The number of rotatable bonds is 1. The van der Waals surface area contributed by atoms with Crippen LogP contribution in [0.4, 0.5) is 0 Å². The topological polar surface area (TPSA) is 88.6 Å².